The van der Waals surface area contributed by atoms with E-state index in [-0.39, 0.29) is 11.2 Å². The summed E-state index contributed by atoms with van der Waals surface area (Å²) >= 11 is 0. The largest absolute Gasteiger partial charge is 0.485 e. The zero-order valence-electron chi connectivity index (χ0n) is 12.9. The van der Waals surface area contributed by atoms with Crippen LogP contribution in [0.3, 0.4) is 0 Å². The number of hydrogen-bond acceptors (Lipinski definition) is 5. The van der Waals surface area contributed by atoms with Crippen molar-refractivity contribution in [3.8, 4) is 11.8 Å². The van der Waals surface area contributed by atoms with Crippen molar-refractivity contribution in [2.75, 3.05) is 5.73 Å². The number of fused-ring (bicyclic) bond motifs is 1. The number of aliphatic hydroxyl groups is 1. The molecule has 0 spiro atoms. The molecular formula is C17H17N3O3. The van der Waals surface area contributed by atoms with Gasteiger partial charge in [0, 0.05) is 11.8 Å². The van der Waals surface area contributed by atoms with Gasteiger partial charge in [0.2, 0.25) is 0 Å². The summed E-state index contributed by atoms with van der Waals surface area (Å²) < 4.78 is 7.24. The molecule has 6 nitrogen and oxygen atoms in total. The van der Waals surface area contributed by atoms with Crippen LogP contribution in [0.2, 0.25) is 0 Å². The first-order chi connectivity index (χ1) is 10.8. The summed E-state index contributed by atoms with van der Waals surface area (Å²) in [4.78, 5) is 12.4. The maximum atomic E-state index is 12.4. The third kappa shape index (κ3) is 2.35. The minimum Gasteiger partial charge on any atom is -0.485 e. The van der Waals surface area contributed by atoms with Crippen molar-refractivity contribution in [3.05, 3.63) is 58.0 Å². The number of nitriles is 1. The molecule has 2 unspecified atom stereocenters. The number of pyridine rings is 1. The van der Waals surface area contributed by atoms with Crippen molar-refractivity contribution in [2.24, 2.45) is 0 Å². The lowest BCUT2D eigenvalue weighted by Crippen LogP contribution is -2.52. The normalized spacial score (nSPS) is 21.8. The van der Waals surface area contributed by atoms with Gasteiger partial charge in [-0.2, -0.15) is 5.26 Å². The molecule has 0 radical (unpaired) electrons. The number of rotatable bonds is 1. The zero-order chi connectivity index (χ0) is 16.8. The molecule has 0 saturated heterocycles. The Morgan fingerprint density at radius 2 is 2.13 bits per heavy atom. The van der Waals surface area contributed by atoms with Gasteiger partial charge in [0.15, 0.2) is 0 Å². The molecule has 0 bridgehead atoms. The van der Waals surface area contributed by atoms with Crippen molar-refractivity contribution in [3.63, 3.8) is 0 Å². The predicted octanol–water partition coefficient (Wildman–Crippen LogP) is 1.42. The van der Waals surface area contributed by atoms with Crippen LogP contribution in [-0.4, -0.2) is 21.4 Å². The molecule has 1 aliphatic heterocycles. The van der Waals surface area contributed by atoms with Gasteiger partial charge in [-0.3, -0.25) is 4.79 Å². The highest BCUT2D eigenvalue weighted by molar-refractivity contribution is 5.47. The van der Waals surface area contributed by atoms with Crippen molar-refractivity contribution in [1.29, 1.82) is 5.26 Å². The standard InChI is InChI=1S/C17H17N3O3/c1-17(2)15(21)14(20-7-3-4-12(19)16(20)22)11-8-10(9-18)5-6-13(11)23-17/h3-8,14-15,21H,19H2,1-2H3. The number of aromatic nitrogens is 1. The quantitative estimate of drug-likeness (QED) is 0.829. The summed E-state index contributed by atoms with van der Waals surface area (Å²) in [5, 5.41) is 19.9. The van der Waals surface area contributed by atoms with Crippen LogP contribution in [0.1, 0.15) is 31.0 Å². The summed E-state index contributed by atoms with van der Waals surface area (Å²) in [6.07, 6.45) is 0.597. The van der Waals surface area contributed by atoms with E-state index in [2.05, 4.69) is 6.07 Å². The fourth-order valence-electron chi connectivity index (χ4n) is 2.88. The summed E-state index contributed by atoms with van der Waals surface area (Å²) in [7, 11) is 0. The van der Waals surface area contributed by atoms with Crippen LogP contribution in [0.25, 0.3) is 0 Å². The van der Waals surface area contributed by atoms with E-state index in [0.717, 1.165) is 0 Å². The molecule has 2 aromatic rings. The fraction of sp³-hybridized carbons (Fsp3) is 0.294. The van der Waals surface area contributed by atoms with E-state index in [1.165, 1.54) is 10.6 Å². The Labute approximate surface area is 133 Å². The molecule has 0 aliphatic carbocycles. The molecular weight excluding hydrogens is 294 g/mol. The van der Waals surface area contributed by atoms with Crippen LogP contribution in [-0.2, 0) is 0 Å². The third-order valence-electron chi connectivity index (χ3n) is 4.15. The van der Waals surface area contributed by atoms with E-state index in [9.17, 15) is 9.90 Å². The Hall–Kier alpha value is -2.78. The topological polar surface area (TPSA) is 101 Å². The van der Waals surface area contributed by atoms with Gasteiger partial charge >= 0.3 is 0 Å². The SMILES string of the molecule is CC1(C)Oc2ccc(C#N)cc2C(n2cccc(N)c2=O)C1O. The van der Waals surface area contributed by atoms with Gasteiger partial charge in [0.25, 0.3) is 5.56 Å². The lowest BCUT2D eigenvalue weighted by Gasteiger charge is -2.42. The minimum atomic E-state index is -0.983. The van der Waals surface area contributed by atoms with Crippen molar-refractivity contribution < 1.29 is 9.84 Å². The first-order valence-electron chi connectivity index (χ1n) is 7.23. The second-order valence-corrected chi connectivity index (χ2v) is 6.14. The Balaban J connectivity index is 2.28. The Bertz CT molecular complexity index is 864. The third-order valence-corrected chi connectivity index (χ3v) is 4.15. The second-order valence-electron chi connectivity index (χ2n) is 6.14. The Morgan fingerprint density at radius 1 is 1.39 bits per heavy atom. The van der Waals surface area contributed by atoms with Crippen molar-refractivity contribution >= 4 is 5.69 Å². The second kappa shape index (κ2) is 5.14. The van der Waals surface area contributed by atoms with Crippen LogP contribution < -0.4 is 16.0 Å². The van der Waals surface area contributed by atoms with Gasteiger partial charge in [-0.25, -0.2) is 0 Å². The first kappa shape index (κ1) is 15.1. The molecule has 118 valence electrons. The van der Waals surface area contributed by atoms with E-state index in [0.29, 0.717) is 16.9 Å². The van der Waals surface area contributed by atoms with E-state index in [1.807, 2.05) is 0 Å². The first-order valence-corrected chi connectivity index (χ1v) is 7.23. The summed E-state index contributed by atoms with van der Waals surface area (Å²) in [6, 6.07) is 9.51. The highest BCUT2D eigenvalue weighted by Crippen LogP contribution is 2.41. The number of benzene rings is 1. The van der Waals surface area contributed by atoms with Crippen molar-refractivity contribution in [1.82, 2.24) is 4.57 Å². The number of anilines is 1. The molecule has 6 heteroatoms. The summed E-state index contributed by atoms with van der Waals surface area (Å²) in [5.41, 5.74) is 5.56. The molecule has 1 aliphatic rings. The van der Waals surface area contributed by atoms with E-state index < -0.39 is 17.7 Å². The predicted molar refractivity (Wildman–Crippen MR) is 85.1 cm³/mol. The fourth-order valence-corrected chi connectivity index (χ4v) is 2.88. The lowest BCUT2D eigenvalue weighted by atomic mass is 9.85. The van der Waals surface area contributed by atoms with Gasteiger partial charge in [0.05, 0.1) is 23.4 Å². The average Bonchev–Trinajstić information content (AvgIpc) is 2.51. The molecule has 2 heterocycles. The Morgan fingerprint density at radius 3 is 2.83 bits per heavy atom. The average molecular weight is 311 g/mol. The number of ether oxygens (including phenoxy) is 1. The molecule has 3 N–H and O–H groups in total. The number of nitrogens with zero attached hydrogens (tertiary/aromatic N) is 2. The molecule has 0 amide bonds. The van der Waals surface area contributed by atoms with Crippen LogP contribution in [0.5, 0.6) is 5.75 Å². The molecule has 0 fully saturated rings. The zero-order valence-corrected chi connectivity index (χ0v) is 12.9. The highest BCUT2D eigenvalue weighted by Gasteiger charge is 2.44. The van der Waals surface area contributed by atoms with Gasteiger partial charge in [-0.05, 0) is 44.2 Å². The van der Waals surface area contributed by atoms with E-state index >= 15 is 0 Å². The summed E-state index contributed by atoms with van der Waals surface area (Å²) in [6.45, 7) is 3.51. The van der Waals surface area contributed by atoms with Gasteiger partial charge in [-0.1, -0.05) is 0 Å². The molecule has 3 rings (SSSR count). The van der Waals surface area contributed by atoms with Gasteiger partial charge in [-0.15, -0.1) is 0 Å². The number of nitrogens with two attached hydrogens (primary N) is 1. The van der Waals surface area contributed by atoms with Crippen LogP contribution in [0.15, 0.2) is 41.3 Å². The van der Waals surface area contributed by atoms with E-state index in [4.69, 9.17) is 15.7 Å². The smallest absolute Gasteiger partial charge is 0.274 e. The van der Waals surface area contributed by atoms with Crippen LogP contribution >= 0.6 is 0 Å². The highest BCUT2D eigenvalue weighted by atomic mass is 16.5. The maximum Gasteiger partial charge on any atom is 0.274 e. The maximum absolute atomic E-state index is 12.4. The Kier molecular flexibility index (Phi) is 3.38. The molecule has 2 atom stereocenters. The minimum absolute atomic E-state index is 0.0991. The number of nitrogen functional groups attached to an aromatic ring is 1. The molecule has 1 aromatic heterocycles. The number of aliphatic hydroxyl groups excluding tert-OH is 1. The van der Waals surface area contributed by atoms with Crippen molar-refractivity contribution in [2.45, 2.75) is 31.6 Å². The monoisotopic (exact) mass is 311 g/mol. The van der Waals surface area contributed by atoms with Gasteiger partial charge < -0.3 is 20.1 Å². The summed E-state index contributed by atoms with van der Waals surface area (Å²) in [5.74, 6) is 0.540. The van der Waals surface area contributed by atoms with E-state index in [1.54, 1.807) is 44.3 Å². The van der Waals surface area contributed by atoms with Crippen LogP contribution in [0.4, 0.5) is 5.69 Å². The molecule has 0 saturated carbocycles. The van der Waals surface area contributed by atoms with Crippen LogP contribution in [0, 0.1) is 11.3 Å². The molecule has 23 heavy (non-hydrogen) atoms. The molecule has 1 aromatic carbocycles. The van der Waals surface area contributed by atoms with Gasteiger partial charge in [0.1, 0.15) is 17.5 Å². The lowest BCUT2D eigenvalue weighted by molar-refractivity contribution is -0.0642. The number of hydrogen-bond donors (Lipinski definition) is 2.